The summed E-state index contributed by atoms with van der Waals surface area (Å²) in [7, 11) is -1.62. The Kier molecular flexibility index (Phi) is 1.95. The summed E-state index contributed by atoms with van der Waals surface area (Å²) in [4.78, 5) is 0. The molecule has 0 aromatic carbocycles. The standard InChI is InChI=1S/C5H12ClNSi/c6-8(7)4-2-1-3-5-8/h1-5,7H2. The van der Waals surface area contributed by atoms with Gasteiger partial charge in [-0.05, 0) is 12.1 Å². The number of rotatable bonds is 0. The lowest BCUT2D eigenvalue weighted by Gasteiger charge is -2.22. The van der Waals surface area contributed by atoms with Crippen molar-refractivity contribution in [3.05, 3.63) is 0 Å². The molecule has 1 heterocycles. The smallest absolute Gasteiger partial charge is 0.224 e. The number of hydrogen-bond donors (Lipinski definition) is 1. The maximum atomic E-state index is 5.99. The Bertz CT molecular complexity index is 76.5. The molecule has 0 saturated carbocycles. The van der Waals surface area contributed by atoms with Crippen molar-refractivity contribution in [2.24, 2.45) is 5.40 Å². The van der Waals surface area contributed by atoms with Gasteiger partial charge in [0.05, 0.1) is 0 Å². The van der Waals surface area contributed by atoms with Crippen LogP contribution in [0.3, 0.4) is 0 Å². The molecule has 1 rings (SSSR count). The van der Waals surface area contributed by atoms with E-state index in [4.69, 9.17) is 16.5 Å². The molecule has 0 bridgehead atoms. The fourth-order valence-corrected chi connectivity index (χ4v) is 3.87. The maximum absolute atomic E-state index is 5.99. The molecule has 48 valence electrons. The fraction of sp³-hybridized carbons (Fsp3) is 1.00. The third kappa shape index (κ3) is 1.76. The molecule has 0 atom stereocenters. The first-order chi connectivity index (χ1) is 3.71. The van der Waals surface area contributed by atoms with Gasteiger partial charge in [-0.1, -0.05) is 19.3 Å². The quantitative estimate of drug-likeness (QED) is 0.413. The van der Waals surface area contributed by atoms with Crippen LogP contribution in [-0.4, -0.2) is 7.55 Å². The summed E-state index contributed by atoms with van der Waals surface area (Å²) in [6.45, 7) is 0. The van der Waals surface area contributed by atoms with E-state index in [0.717, 1.165) is 12.1 Å². The van der Waals surface area contributed by atoms with Crippen LogP contribution in [0.2, 0.25) is 12.1 Å². The van der Waals surface area contributed by atoms with Crippen LogP contribution >= 0.6 is 11.1 Å². The second-order valence-corrected chi connectivity index (χ2v) is 7.92. The van der Waals surface area contributed by atoms with Crippen molar-refractivity contribution in [1.82, 2.24) is 0 Å². The van der Waals surface area contributed by atoms with Crippen molar-refractivity contribution in [1.29, 1.82) is 0 Å². The lowest BCUT2D eigenvalue weighted by molar-refractivity contribution is 0.718. The van der Waals surface area contributed by atoms with E-state index in [1.54, 1.807) is 0 Å². The van der Waals surface area contributed by atoms with E-state index in [2.05, 4.69) is 0 Å². The predicted octanol–water partition coefficient (Wildman–Crippen LogP) is 1.81. The van der Waals surface area contributed by atoms with Crippen LogP contribution < -0.4 is 5.40 Å². The van der Waals surface area contributed by atoms with Crippen LogP contribution in [-0.2, 0) is 0 Å². The SMILES string of the molecule is N[Si]1(Cl)CCCCC1. The highest BCUT2D eigenvalue weighted by Crippen LogP contribution is 2.26. The molecule has 0 aromatic heterocycles. The summed E-state index contributed by atoms with van der Waals surface area (Å²) in [6, 6.07) is 2.27. The van der Waals surface area contributed by atoms with Gasteiger partial charge in [0.1, 0.15) is 0 Å². The molecule has 3 heteroatoms. The Morgan fingerprint density at radius 3 is 1.88 bits per heavy atom. The Balaban J connectivity index is 2.33. The zero-order valence-corrected chi connectivity index (χ0v) is 6.75. The third-order valence-corrected chi connectivity index (χ3v) is 5.19. The van der Waals surface area contributed by atoms with Gasteiger partial charge in [-0.15, -0.1) is 11.1 Å². The first-order valence-electron chi connectivity index (χ1n) is 3.18. The lowest BCUT2D eigenvalue weighted by atomic mass is 10.3. The van der Waals surface area contributed by atoms with Crippen molar-refractivity contribution in [3.63, 3.8) is 0 Å². The highest BCUT2D eigenvalue weighted by atomic mass is 35.6. The van der Waals surface area contributed by atoms with Gasteiger partial charge in [-0.25, -0.2) is 0 Å². The molecular weight excluding hydrogens is 138 g/mol. The average Bonchev–Trinajstić information content (AvgIpc) is 1.65. The van der Waals surface area contributed by atoms with Crippen LogP contribution in [0.4, 0.5) is 0 Å². The summed E-state index contributed by atoms with van der Waals surface area (Å²) in [5, 5.41) is 5.78. The summed E-state index contributed by atoms with van der Waals surface area (Å²) < 4.78 is 0. The van der Waals surface area contributed by atoms with Crippen LogP contribution in [0.5, 0.6) is 0 Å². The van der Waals surface area contributed by atoms with E-state index < -0.39 is 7.55 Å². The topological polar surface area (TPSA) is 26.0 Å². The van der Waals surface area contributed by atoms with Crippen molar-refractivity contribution < 1.29 is 0 Å². The zero-order chi connectivity index (χ0) is 6.04. The van der Waals surface area contributed by atoms with E-state index >= 15 is 0 Å². The number of hydrogen-bond acceptors (Lipinski definition) is 1. The molecule has 2 N–H and O–H groups in total. The van der Waals surface area contributed by atoms with E-state index in [-0.39, 0.29) is 0 Å². The molecule has 0 aromatic rings. The largest absolute Gasteiger partial charge is 0.339 e. The van der Waals surface area contributed by atoms with Gasteiger partial charge in [0.15, 0.2) is 0 Å². The fourth-order valence-electron chi connectivity index (χ4n) is 1.14. The van der Waals surface area contributed by atoms with Gasteiger partial charge in [-0.2, -0.15) is 0 Å². The van der Waals surface area contributed by atoms with Gasteiger partial charge in [-0.3, -0.25) is 0 Å². The first-order valence-corrected chi connectivity index (χ1v) is 6.69. The molecule has 1 nitrogen and oxygen atoms in total. The minimum atomic E-state index is -1.62. The van der Waals surface area contributed by atoms with Gasteiger partial charge < -0.3 is 5.40 Å². The Morgan fingerprint density at radius 2 is 1.62 bits per heavy atom. The molecular formula is C5H12ClNSi. The van der Waals surface area contributed by atoms with Crippen molar-refractivity contribution in [3.8, 4) is 0 Å². The van der Waals surface area contributed by atoms with E-state index in [0.29, 0.717) is 0 Å². The highest BCUT2D eigenvalue weighted by Gasteiger charge is 2.27. The molecule has 1 fully saturated rings. The Labute approximate surface area is 56.0 Å². The summed E-state index contributed by atoms with van der Waals surface area (Å²) in [5.41, 5.74) is 0. The molecule has 0 aliphatic carbocycles. The average molecular weight is 150 g/mol. The normalized spacial score (nSPS) is 27.8. The van der Waals surface area contributed by atoms with Crippen LogP contribution in [0, 0.1) is 0 Å². The van der Waals surface area contributed by atoms with Gasteiger partial charge in [0.2, 0.25) is 7.55 Å². The molecule has 0 amide bonds. The Morgan fingerprint density at radius 1 is 1.12 bits per heavy atom. The highest BCUT2D eigenvalue weighted by molar-refractivity contribution is 7.18. The van der Waals surface area contributed by atoms with E-state index in [9.17, 15) is 0 Å². The third-order valence-electron chi connectivity index (χ3n) is 1.68. The first kappa shape index (κ1) is 6.58. The second-order valence-electron chi connectivity index (χ2n) is 2.60. The monoisotopic (exact) mass is 149 g/mol. The summed E-state index contributed by atoms with van der Waals surface area (Å²) in [5.74, 6) is 0. The predicted molar refractivity (Wildman–Crippen MR) is 39.3 cm³/mol. The number of halogens is 1. The van der Waals surface area contributed by atoms with Crippen LogP contribution in [0.1, 0.15) is 19.3 Å². The molecule has 0 unspecified atom stereocenters. The molecule has 8 heavy (non-hydrogen) atoms. The van der Waals surface area contributed by atoms with E-state index in [1.165, 1.54) is 19.3 Å². The number of nitrogens with two attached hydrogens (primary N) is 1. The molecule has 1 aliphatic heterocycles. The molecule has 1 saturated heterocycles. The molecule has 0 spiro atoms. The van der Waals surface area contributed by atoms with Gasteiger partial charge >= 0.3 is 0 Å². The maximum Gasteiger partial charge on any atom is 0.224 e. The minimum Gasteiger partial charge on any atom is -0.339 e. The molecule has 0 radical (unpaired) electrons. The van der Waals surface area contributed by atoms with Crippen molar-refractivity contribution in [2.45, 2.75) is 31.4 Å². The summed E-state index contributed by atoms with van der Waals surface area (Å²) >= 11 is 5.99. The zero-order valence-electron chi connectivity index (χ0n) is 4.99. The van der Waals surface area contributed by atoms with E-state index in [1.807, 2.05) is 0 Å². The van der Waals surface area contributed by atoms with Gasteiger partial charge in [0, 0.05) is 0 Å². The van der Waals surface area contributed by atoms with Crippen LogP contribution in [0.25, 0.3) is 0 Å². The molecule has 1 aliphatic rings. The Hall–Kier alpha value is 0.467. The summed E-state index contributed by atoms with van der Waals surface area (Å²) in [6.07, 6.45) is 3.89. The van der Waals surface area contributed by atoms with Gasteiger partial charge in [0.25, 0.3) is 0 Å². The minimum absolute atomic E-state index is 1.13. The second kappa shape index (κ2) is 2.37. The van der Waals surface area contributed by atoms with Crippen molar-refractivity contribution in [2.75, 3.05) is 0 Å². The van der Waals surface area contributed by atoms with Crippen molar-refractivity contribution >= 4 is 18.6 Å². The van der Waals surface area contributed by atoms with Crippen LogP contribution in [0.15, 0.2) is 0 Å². The lowest BCUT2D eigenvalue weighted by Crippen LogP contribution is -2.40.